The second kappa shape index (κ2) is 7.39. The van der Waals surface area contributed by atoms with Gasteiger partial charge in [-0.05, 0) is 37.1 Å². The van der Waals surface area contributed by atoms with Crippen LogP contribution in [0.25, 0.3) is 0 Å². The van der Waals surface area contributed by atoms with Gasteiger partial charge < -0.3 is 0 Å². The molecule has 1 aliphatic rings. The minimum absolute atomic E-state index is 0.192. The molecule has 126 valence electrons. The Balaban J connectivity index is 1.82. The predicted octanol–water partition coefficient (Wildman–Crippen LogP) is 0.126. The van der Waals surface area contributed by atoms with E-state index in [4.69, 9.17) is 5.14 Å². The van der Waals surface area contributed by atoms with Crippen LogP contribution in [0.2, 0.25) is 0 Å². The molecule has 2 amide bonds. The molecule has 0 bridgehead atoms. The van der Waals surface area contributed by atoms with Gasteiger partial charge in [0.15, 0.2) is 0 Å². The number of rotatable bonds is 3. The van der Waals surface area contributed by atoms with Crippen molar-refractivity contribution in [1.82, 2.24) is 15.2 Å². The summed E-state index contributed by atoms with van der Waals surface area (Å²) in [7, 11) is -3.71. The first kappa shape index (κ1) is 17.9. The quantitative estimate of drug-likeness (QED) is 0.619. The van der Waals surface area contributed by atoms with Gasteiger partial charge in [0.25, 0.3) is 16.1 Å². The number of nitrogens with zero attached hydrogens (tertiary/aromatic N) is 1. The van der Waals surface area contributed by atoms with E-state index in [1.165, 1.54) is 0 Å². The molecule has 1 heterocycles. The molecule has 1 fully saturated rings. The van der Waals surface area contributed by atoms with Crippen molar-refractivity contribution in [2.45, 2.75) is 12.8 Å². The molecule has 0 aromatic heterocycles. The molecule has 23 heavy (non-hydrogen) atoms. The van der Waals surface area contributed by atoms with Crippen molar-refractivity contribution in [3.05, 3.63) is 34.3 Å². The van der Waals surface area contributed by atoms with Crippen LogP contribution in [0.15, 0.2) is 28.7 Å². The van der Waals surface area contributed by atoms with Gasteiger partial charge in [0, 0.05) is 29.0 Å². The van der Waals surface area contributed by atoms with Gasteiger partial charge in [-0.15, -0.1) is 0 Å². The Bertz CT molecular complexity index is 684. The molecule has 0 spiro atoms. The molecule has 0 aliphatic carbocycles. The van der Waals surface area contributed by atoms with E-state index in [1.54, 1.807) is 24.3 Å². The number of benzene rings is 1. The fourth-order valence-electron chi connectivity index (χ4n) is 2.27. The number of amides is 2. The van der Waals surface area contributed by atoms with Crippen LogP contribution in [-0.4, -0.2) is 37.6 Å². The standard InChI is InChI=1S/C13H17BrN4O4S/c14-11-3-1-9(2-4-11)12(19)16-17-13(20)10-5-7-18(8-6-10)23(15,21)22/h1-4,10H,5-8H2,(H,16,19)(H,17,20)(H2,15,21,22). The molecule has 0 saturated carbocycles. The van der Waals surface area contributed by atoms with Crippen LogP contribution in [0.5, 0.6) is 0 Å². The van der Waals surface area contributed by atoms with Gasteiger partial charge >= 0.3 is 0 Å². The summed E-state index contributed by atoms with van der Waals surface area (Å²) < 4.78 is 24.4. The summed E-state index contributed by atoms with van der Waals surface area (Å²) in [6.45, 7) is 0.384. The molecular weight excluding hydrogens is 388 g/mol. The van der Waals surface area contributed by atoms with Gasteiger partial charge in [-0.1, -0.05) is 15.9 Å². The second-order valence-corrected chi connectivity index (χ2v) is 7.63. The highest BCUT2D eigenvalue weighted by molar-refractivity contribution is 9.10. The molecule has 2 rings (SSSR count). The molecule has 1 aromatic carbocycles. The lowest BCUT2D eigenvalue weighted by atomic mass is 9.98. The average molecular weight is 405 g/mol. The third kappa shape index (κ3) is 4.99. The van der Waals surface area contributed by atoms with Crippen molar-refractivity contribution in [3.63, 3.8) is 0 Å². The Hall–Kier alpha value is -1.49. The SMILES string of the molecule is NS(=O)(=O)N1CCC(C(=O)NNC(=O)c2ccc(Br)cc2)CC1. The van der Waals surface area contributed by atoms with Crippen LogP contribution in [0.3, 0.4) is 0 Å². The first-order chi connectivity index (χ1) is 10.8. The van der Waals surface area contributed by atoms with Gasteiger partial charge in [-0.25, -0.2) is 5.14 Å². The molecule has 8 nitrogen and oxygen atoms in total. The van der Waals surface area contributed by atoms with Crippen LogP contribution in [0.1, 0.15) is 23.2 Å². The van der Waals surface area contributed by atoms with Crippen LogP contribution in [0.4, 0.5) is 0 Å². The Morgan fingerprint density at radius 2 is 1.70 bits per heavy atom. The fourth-order valence-corrected chi connectivity index (χ4v) is 3.25. The zero-order chi connectivity index (χ0) is 17.0. The highest BCUT2D eigenvalue weighted by atomic mass is 79.9. The van der Waals surface area contributed by atoms with Crippen molar-refractivity contribution in [2.24, 2.45) is 11.1 Å². The van der Waals surface area contributed by atoms with E-state index >= 15 is 0 Å². The number of nitrogens with two attached hydrogens (primary N) is 1. The lowest BCUT2D eigenvalue weighted by Crippen LogP contribution is -2.49. The number of halogens is 1. The molecule has 4 N–H and O–H groups in total. The number of hydrazine groups is 1. The normalized spacial score (nSPS) is 16.8. The van der Waals surface area contributed by atoms with Crippen LogP contribution in [-0.2, 0) is 15.0 Å². The third-order valence-corrected chi connectivity index (χ3v) is 5.20. The van der Waals surface area contributed by atoms with Crippen molar-refractivity contribution < 1.29 is 18.0 Å². The van der Waals surface area contributed by atoms with E-state index in [0.717, 1.165) is 8.78 Å². The number of hydrogen-bond acceptors (Lipinski definition) is 4. The molecule has 0 atom stereocenters. The number of nitrogens with one attached hydrogen (secondary N) is 2. The minimum atomic E-state index is -3.71. The highest BCUT2D eigenvalue weighted by Gasteiger charge is 2.29. The van der Waals surface area contributed by atoms with Gasteiger partial charge in [-0.2, -0.15) is 12.7 Å². The second-order valence-electron chi connectivity index (χ2n) is 5.17. The minimum Gasteiger partial charge on any atom is -0.273 e. The van der Waals surface area contributed by atoms with E-state index in [2.05, 4.69) is 26.8 Å². The highest BCUT2D eigenvalue weighted by Crippen LogP contribution is 2.18. The van der Waals surface area contributed by atoms with E-state index in [0.29, 0.717) is 18.4 Å². The third-order valence-electron chi connectivity index (χ3n) is 3.59. The van der Waals surface area contributed by atoms with Crippen molar-refractivity contribution >= 4 is 38.0 Å². The van der Waals surface area contributed by atoms with Gasteiger partial charge in [0.05, 0.1) is 0 Å². The van der Waals surface area contributed by atoms with Gasteiger partial charge in [0.2, 0.25) is 5.91 Å². The average Bonchev–Trinajstić information content (AvgIpc) is 2.52. The van der Waals surface area contributed by atoms with Crippen molar-refractivity contribution in [3.8, 4) is 0 Å². The monoisotopic (exact) mass is 404 g/mol. The zero-order valence-corrected chi connectivity index (χ0v) is 14.6. The van der Waals surface area contributed by atoms with E-state index in [1.807, 2.05) is 0 Å². The lowest BCUT2D eigenvalue weighted by molar-refractivity contribution is -0.126. The lowest BCUT2D eigenvalue weighted by Gasteiger charge is -2.28. The topological polar surface area (TPSA) is 122 Å². The van der Waals surface area contributed by atoms with Crippen molar-refractivity contribution in [2.75, 3.05) is 13.1 Å². The molecule has 1 aliphatic heterocycles. The molecule has 1 saturated heterocycles. The van der Waals surface area contributed by atoms with Crippen LogP contribution >= 0.6 is 15.9 Å². The first-order valence-electron chi connectivity index (χ1n) is 6.91. The molecule has 1 aromatic rings. The summed E-state index contributed by atoms with van der Waals surface area (Å²) in [5.41, 5.74) is 5.13. The van der Waals surface area contributed by atoms with Gasteiger partial charge in [0.1, 0.15) is 0 Å². The predicted molar refractivity (Wildman–Crippen MR) is 87.2 cm³/mol. The van der Waals surface area contributed by atoms with E-state index in [9.17, 15) is 18.0 Å². The molecular formula is C13H17BrN4O4S. The van der Waals surface area contributed by atoms with E-state index in [-0.39, 0.29) is 24.9 Å². The summed E-state index contributed by atoms with van der Waals surface area (Å²) in [5.74, 6) is -1.13. The van der Waals surface area contributed by atoms with Gasteiger partial charge in [-0.3, -0.25) is 20.4 Å². The smallest absolute Gasteiger partial charge is 0.273 e. The summed E-state index contributed by atoms with van der Waals surface area (Å²) in [6, 6.07) is 6.69. The maximum Gasteiger partial charge on any atom is 0.276 e. The fraction of sp³-hybridized carbons (Fsp3) is 0.385. The Morgan fingerprint density at radius 3 is 2.22 bits per heavy atom. The summed E-state index contributed by atoms with van der Waals surface area (Å²) in [5, 5.41) is 5.04. The van der Waals surface area contributed by atoms with Crippen LogP contribution < -0.4 is 16.0 Å². The molecule has 10 heteroatoms. The molecule has 0 radical (unpaired) electrons. The summed E-state index contributed by atoms with van der Waals surface area (Å²) >= 11 is 3.27. The largest absolute Gasteiger partial charge is 0.276 e. The maximum atomic E-state index is 12.0. The number of carbonyl (C=O) groups excluding carboxylic acids is 2. The first-order valence-corrected chi connectivity index (χ1v) is 9.20. The summed E-state index contributed by atoms with van der Waals surface area (Å²) in [6.07, 6.45) is 0.715. The van der Waals surface area contributed by atoms with Crippen LogP contribution in [0, 0.1) is 5.92 Å². The summed E-state index contributed by atoms with van der Waals surface area (Å²) in [4.78, 5) is 23.9. The Morgan fingerprint density at radius 1 is 1.13 bits per heavy atom. The zero-order valence-electron chi connectivity index (χ0n) is 12.2. The Labute approximate surface area is 142 Å². The van der Waals surface area contributed by atoms with Crippen molar-refractivity contribution in [1.29, 1.82) is 0 Å². The number of hydrogen-bond donors (Lipinski definition) is 3. The number of carbonyl (C=O) groups is 2. The molecule has 0 unspecified atom stereocenters. The maximum absolute atomic E-state index is 12.0. The van der Waals surface area contributed by atoms with E-state index < -0.39 is 16.1 Å². The number of piperidine rings is 1. The Kier molecular flexibility index (Phi) is 5.74.